The Morgan fingerprint density at radius 1 is 1.39 bits per heavy atom. The summed E-state index contributed by atoms with van der Waals surface area (Å²) >= 11 is 5.87. The number of benzene rings is 1. The van der Waals surface area contributed by atoms with Crippen molar-refractivity contribution in [2.45, 2.75) is 32.4 Å². The van der Waals surface area contributed by atoms with Crippen molar-refractivity contribution in [1.29, 1.82) is 0 Å². The van der Waals surface area contributed by atoms with Crippen LogP contribution in [0.2, 0.25) is 5.02 Å². The maximum atomic E-state index is 12.3. The zero-order valence-electron chi connectivity index (χ0n) is 12.9. The molecular weight excluding hydrogens is 316 g/mol. The molecule has 1 aliphatic heterocycles. The van der Waals surface area contributed by atoms with Gasteiger partial charge in [-0.05, 0) is 31.5 Å². The molecule has 0 radical (unpaired) electrons. The molecule has 0 bridgehead atoms. The summed E-state index contributed by atoms with van der Waals surface area (Å²) in [5.41, 5.74) is 2.28. The Labute approximate surface area is 139 Å². The molecule has 120 valence electrons. The predicted octanol–water partition coefficient (Wildman–Crippen LogP) is 3.25. The highest BCUT2D eigenvalue weighted by atomic mass is 35.5. The van der Waals surface area contributed by atoms with Gasteiger partial charge >= 0.3 is 0 Å². The number of amides is 1. The second kappa shape index (κ2) is 6.42. The summed E-state index contributed by atoms with van der Waals surface area (Å²) in [7, 11) is 0. The monoisotopic (exact) mass is 332 g/mol. The lowest BCUT2D eigenvalue weighted by atomic mass is 10.0. The van der Waals surface area contributed by atoms with Gasteiger partial charge in [-0.3, -0.25) is 9.48 Å². The fourth-order valence-corrected chi connectivity index (χ4v) is 2.36. The highest BCUT2D eigenvalue weighted by Gasteiger charge is 2.29. The average molecular weight is 333 g/mol. The third-order valence-electron chi connectivity index (χ3n) is 3.54. The molecule has 0 fully saturated rings. The highest BCUT2D eigenvalue weighted by Crippen LogP contribution is 2.20. The van der Waals surface area contributed by atoms with Gasteiger partial charge in [-0.25, -0.2) is 0 Å². The molecule has 1 N–H and O–H groups in total. The van der Waals surface area contributed by atoms with Crippen molar-refractivity contribution >= 4 is 28.9 Å². The molecule has 23 heavy (non-hydrogen) atoms. The molecule has 2 heterocycles. The SMILES string of the molecule is CC(C)n1cc(NC(=O)[C@H]2CC(c3ccc(Cl)cc3)=NO2)cn1. The largest absolute Gasteiger partial charge is 0.382 e. The zero-order valence-corrected chi connectivity index (χ0v) is 13.6. The van der Waals surface area contributed by atoms with Gasteiger partial charge in [0.2, 0.25) is 6.10 Å². The van der Waals surface area contributed by atoms with E-state index < -0.39 is 6.10 Å². The van der Waals surface area contributed by atoms with E-state index in [2.05, 4.69) is 15.6 Å². The van der Waals surface area contributed by atoms with Crippen LogP contribution in [0.15, 0.2) is 41.8 Å². The quantitative estimate of drug-likeness (QED) is 0.934. The number of nitrogens with one attached hydrogen (secondary N) is 1. The maximum Gasteiger partial charge on any atom is 0.268 e. The number of hydrogen-bond donors (Lipinski definition) is 1. The molecule has 3 rings (SSSR count). The molecule has 0 aliphatic carbocycles. The van der Waals surface area contributed by atoms with Crippen LogP contribution in [-0.2, 0) is 9.63 Å². The van der Waals surface area contributed by atoms with Crippen molar-refractivity contribution in [1.82, 2.24) is 9.78 Å². The smallest absolute Gasteiger partial charge is 0.268 e. The second-order valence-electron chi connectivity index (χ2n) is 5.64. The summed E-state index contributed by atoms with van der Waals surface area (Å²) in [6.07, 6.45) is 3.20. The fourth-order valence-electron chi connectivity index (χ4n) is 2.24. The van der Waals surface area contributed by atoms with E-state index in [1.807, 2.05) is 26.0 Å². The molecular formula is C16H17ClN4O2. The molecule has 1 aliphatic rings. The highest BCUT2D eigenvalue weighted by molar-refractivity contribution is 6.30. The standard InChI is InChI=1S/C16H17ClN4O2/c1-10(2)21-9-13(8-18-21)19-16(22)15-7-14(20-23-15)11-3-5-12(17)6-4-11/h3-6,8-10,15H,7H2,1-2H3,(H,19,22)/t15-/m1/s1. The van der Waals surface area contributed by atoms with Crippen LogP contribution >= 0.6 is 11.6 Å². The molecule has 2 aromatic rings. The van der Waals surface area contributed by atoms with Crippen molar-refractivity contribution in [2.75, 3.05) is 5.32 Å². The van der Waals surface area contributed by atoms with Gasteiger partial charge in [-0.1, -0.05) is 28.9 Å². The summed E-state index contributed by atoms with van der Waals surface area (Å²) in [5, 5.41) is 11.6. The van der Waals surface area contributed by atoms with E-state index in [1.54, 1.807) is 29.2 Å². The van der Waals surface area contributed by atoms with E-state index in [4.69, 9.17) is 16.4 Å². The lowest BCUT2D eigenvalue weighted by Crippen LogP contribution is -2.27. The zero-order chi connectivity index (χ0) is 16.4. The van der Waals surface area contributed by atoms with Crippen molar-refractivity contribution in [3.8, 4) is 0 Å². The van der Waals surface area contributed by atoms with Crippen LogP contribution in [0.25, 0.3) is 0 Å². The van der Waals surface area contributed by atoms with Gasteiger partial charge in [-0.2, -0.15) is 5.10 Å². The number of hydrogen-bond acceptors (Lipinski definition) is 4. The van der Waals surface area contributed by atoms with Crippen molar-refractivity contribution in [3.63, 3.8) is 0 Å². The van der Waals surface area contributed by atoms with Crippen LogP contribution in [0.3, 0.4) is 0 Å². The van der Waals surface area contributed by atoms with Crippen molar-refractivity contribution in [3.05, 3.63) is 47.2 Å². The van der Waals surface area contributed by atoms with Gasteiger partial charge in [0.25, 0.3) is 5.91 Å². The number of anilines is 1. The first-order valence-electron chi connectivity index (χ1n) is 7.36. The third kappa shape index (κ3) is 3.53. The van der Waals surface area contributed by atoms with Crippen LogP contribution in [0.1, 0.15) is 31.9 Å². The van der Waals surface area contributed by atoms with Gasteiger partial charge < -0.3 is 10.2 Å². The van der Waals surface area contributed by atoms with E-state index in [1.165, 1.54) is 0 Å². The lowest BCUT2D eigenvalue weighted by Gasteiger charge is -2.08. The Bertz CT molecular complexity index is 737. The molecule has 6 nitrogen and oxygen atoms in total. The van der Waals surface area contributed by atoms with Gasteiger partial charge in [0.15, 0.2) is 0 Å². The van der Waals surface area contributed by atoms with E-state index in [9.17, 15) is 4.79 Å². The minimum atomic E-state index is -0.636. The molecule has 1 aromatic carbocycles. The number of carbonyl (C=O) groups is 1. The van der Waals surface area contributed by atoms with Crippen LogP contribution in [-0.4, -0.2) is 27.5 Å². The number of rotatable bonds is 4. The Morgan fingerprint density at radius 2 is 2.13 bits per heavy atom. The molecule has 1 aromatic heterocycles. The number of carbonyl (C=O) groups excluding carboxylic acids is 1. The Hall–Kier alpha value is -2.34. The maximum absolute atomic E-state index is 12.3. The first kappa shape index (κ1) is 15.6. The topological polar surface area (TPSA) is 68.5 Å². The van der Waals surface area contributed by atoms with E-state index in [0.717, 1.165) is 11.3 Å². The summed E-state index contributed by atoms with van der Waals surface area (Å²) in [6.45, 7) is 4.04. The molecule has 1 atom stereocenters. The van der Waals surface area contributed by atoms with Crippen LogP contribution in [0.4, 0.5) is 5.69 Å². The van der Waals surface area contributed by atoms with Gasteiger partial charge in [0.05, 0.1) is 17.6 Å². The lowest BCUT2D eigenvalue weighted by molar-refractivity contribution is -0.125. The third-order valence-corrected chi connectivity index (χ3v) is 3.79. The number of aromatic nitrogens is 2. The van der Waals surface area contributed by atoms with Gasteiger partial charge in [-0.15, -0.1) is 0 Å². The summed E-state index contributed by atoms with van der Waals surface area (Å²) in [4.78, 5) is 17.5. The molecule has 7 heteroatoms. The molecule has 1 amide bonds. The first-order valence-corrected chi connectivity index (χ1v) is 7.74. The summed E-state index contributed by atoms with van der Waals surface area (Å²) < 4.78 is 1.78. The number of oxime groups is 1. The van der Waals surface area contributed by atoms with E-state index in [-0.39, 0.29) is 11.9 Å². The first-order chi connectivity index (χ1) is 11.0. The normalized spacial score (nSPS) is 17.0. The summed E-state index contributed by atoms with van der Waals surface area (Å²) in [5.74, 6) is -0.235. The second-order valence-corrected chi connectivity index (χ2v) is 6.07. The van der Waals surface area contributed by atoms with Crippen molar-refractivity contribution in [2.24, 2.45) is 5.16 Å². The van der Waals surface area contributed by atoms with Crippen LogP contribution in [0, 0.1) is 0 Å². The predicted molar refractivity (Wildman–Crippen MR) is 88.7 cm³/mol. The molecule has 0 saturated heterocycles. The fraction of sp³-hybridized carbons (Fsp3) is 0.312. The Morgan fingerprint density at radius 3 is 2.78 bits per heavy atom. The molecule has 0 unspecified atom stereocenters. The van der Waals surface area contributed by atoms with Gasteiger partial charge in [0, 0.05) is 23.7 Å². The number of halogens is 1. The van der Waals surface area contributed by atoms with Gasteiger partial charge in [0.1, 0.15) is 0 Å². The van der Waals surface area contributed by atoms with Crippen LogP contribution in [0.5, 0.6) is 0 Å². The Kier molecular flexibility index (Phi) is 4.34. The molecule has 0 spiro atoms. The van der Waals surface area contributed by atoms with E-state index >= 15 is 0 Å². The minimum Gasteiger partial charge on any atom is -0.382 e. The van der Waals surface area contributed by atoms with Crippen LogP contribution < -0.4 is 5.32 Å². The van der Waals surface area contributed by atoms with Crippen molar-refractivity contribution < 1.29 is 9.63 Å². The number of nitrogens with zero attached hydrogens (tertiary/aromatic N) is 3. The van der Waals surface area contributed by atoms with E-state index in [0.29, 0.717) is 17.1 Å². The average Bonchev–Trinajstić information content (AvgIpc) is 3.17. The Balaban J connectivity index is 1.60. The minimum absolute atomic E-state index is 0.235. The molecule has 0 saturated carbocycles. The summed E-state index contributed by atoms with van der Waals surface area (Å²) in [6, 6.07) is 7.53.